The first-order valence-electron chi connectivity index (χ1n) is 6.54. The quantitative estimate of drug-likeness (QED) is 0.796. The van der Waals surface area contributed by atoms with Gasteiger partial charge in [0, 0.05) is 13.0 Å². The van der Waals surface area contributed by atoms with Crippen molar-refractivity contribution in [1.29, 1.82) is 0 Å². The Balaban J connectivity index is 2.76. The minimum Gasteiger partial charge on any atom is -0.370 e. The second kappa shape index (κ2) is 6.14. The second-order valence-corrected chi connectivity index (χ2v) is 5.83. The fourth-order valence-corrected chi connectivity index (χ4v) is 1.99. The molecule has 1 atom stereocenters. The zero-order chi connectivity index (χ0) is 13.8. The van der Waals surface area contributed by atoms with Crippen LogP contribution in [0.5, 0.6) is 0 Å². The lowest BCUT2D eigenvalue weighted by Crippen LogP contribution is -2.38. The maximum absolute atomic E-state index is 12.3. The molecule has 0 aromatic heterocycles. The second-order valence-electron chi connectivity index (χ2n) is 5.83. The predicted octanol–water partition coefficient (Wildman–Crippen LogP) is 3.56. The highest BCUT2D eigenvalue weighted by Gasteiger charge is 2.31. The lowest BCUT2D eigenvalue weighted by atomic mass is 9.84. The van der Waals surface area contributed by atoms with Crippen LogP contribution in [0.1, 0.15) is 38.8 Å². The smallest absolute Gasteiger partial charge is 0.166 e. The SMILES string of the molecule is CCOC(C(=O)Cc1ccc(C)cc1)C(C)(C)C. The van der Waals surface area contributed by atoms with Crippen molar-refractivity contribution in [3.8, 4) is 0 Å². The van der Waals surface area contributed by atoms with Crippen LogP contribution in [0.25, 0.3) is 0 Å². The molecular formula is C16H24O2. The number of carbonyl (C=O) groups excluding carboxylic acids is 1. The average Bonchev–Trinajstić information content (AvgIpc) is 2.27. The molecule has 0 bridgehead atoms. The molecule has 2 heteroatoms. The van der Waals surface area contributed by atoms with E-state index in [-0.39, 0.29) is 17.3 Å². The summed E-state index contributed by atoms with van der Waals surface area (Å²) in [4.78, 5) is 12.3. The fourth-order valence-electron chi connectivity index (χ4n) is 1.99. The van der Waals surface area contributed by atoms with Crippen molar-refractivity contribution in [2.45, 2.75) is 47.1 Å². The lowest BCUT2D eigenvalue weighted by Gasteiger charge is -2.29. The van der Waals surface area contributed by atoms with Crippen molar-refractivity contribution >= 4 is 5.78 Å². The van der Waals surface area contributed by atoms with Crippen LogP contribution in [0.2, 0.25) is 0 Å². The van der Waals surface area contributed by atoms with Crippen LogP contribution in [0.15, 0.2) is 24.3 Å². The number of hydrogen-bond donors (Lipinski definition) is 0. The van der Waals surface area contributed by atoms with Crippen LogP contribution in [0.4, 0.5) is 0 Å². The van der Waals surface area contributed by atoms with Crippen molar-refractivity contribution in [2.75, 3.05) is 6.61 Å². The Morgan fingerprint density at radius 1 is 1.22 bits per heavy atom. The summed E-state index contributed by atoms with van der Waals surface area (Å²) in [6, 6.07) is 8.10. The Labute approximate surface area is 110 Å². The lowest BCUT2D eigenvalue weighted by molar-refractivity contribution is -0.136. The monoisotopic (exact) mass is 248 g/mol. The van der Waals surface area contributed by atoms with Gasteiger partial charge in [0.2, 0.25) is 0 Å². The number of rotatable bonds is 5. The Kier molecular flexibility index (Phi) is 5.09. The van der Waals surface area contributed by atoms with E-state index >= 15 is 0 Å². The normalized spacial score (nSPS) is 13.4. The standard InChI is InChI=1S/C16H24O2/c1-6-18-15(16(3,4)5)14(17)11-13-9-7-12(2)8-10-13/h7-10,15H,6,11H2,1-5H3. The molecule has 100 valence electrons. The van der Waals surface area contributed by atoms with Crippen LogP contribution in [0.3, 0.4) is 0 Å². The molecule has 0 N–H and O–H groups in total. The first-order valence-corrected chi connectivity index (χ1v) is 6.54. The molecule has 0 heterocycles. The van der Waals surface area contributed by atoms with Gasteiger partial charge in [-0.05, 0) is 24.8 Å². The third-order valence-electron chi connectivity index (χ3n) is 2.91. The highest BCUT2D eigenvalue weighted by atomic mass is 16.5. The van der Waals surface area contributed by atoms with Crippen LogP contribution < -0.4 is 0 Å². The molecule has 0 saturated carbocycles. The molecule has 0 radical (unpaired) electrons. The molecule has 1 unspecified atom stereocenters. The van der Waals surface area contributed by atoms with E-state index in [2.05, 4.69) is 0 Å². The van der Waals surface area contributed by atoms with Crippen molar-refractivity contribution in [2.24, 2.45) is 5.41 Å². The van der Waals surface area contributed by atoms with E-state index in [1.807, 2.05) is 58.9 Å². The summed E-state index contributed by atoms with van der Waals surface area (Å²) >= 11 is 0. The van der Waals surface area contributed by atoms with E-state index in [4.69, 9.17) is 4.74 Å². The first kappa shape index (κ1) is 14.9. The highest BCUT2D eigenvalue weighted by molar-refractivity contribution is 5.86. The third-order valence-corrected chi connectivity index (χ3v) is 2.91. The van der Waals surface area contributed by atoms with Crippen LogP contribution in [-0.2, 0) is 16.0 Å². The van der Waals surface area contributed by atoms with Gasteiger partial charge in [0.1, 0.15) is 6.10 Å². The molecule has 1 rings (SSSR count). The van der Waals surface area contributed by atoms with Gasteiger partial charge in [-0.2, -0.15) is 0 Å². The van der Waals surface area contributed by atoms with Gasteiger partial charge >= 0.3 is 0 Å². The molecule has 0 amide bonds. The van der Waals surface area contributed by atoms with E-state index in [1.165, 1.54) is 5.56 Å². The number of ether oxygens (including phenoxy) is 1. The summed E-state index contributed by atoms with van der Waals surface area (Å²) in [6.07, 6.45) is 0.117. The molecule has 0 aliphatic carbocycles. The summed E-state index contributed by atoms with van der Waals surface area (Å²) in [5.41, 5.74) is 2.11. The minimum absolute atomic E-state index is 0.155. The summed E-state index contributed by atoms with van der Waals surface area (Å²) in [6.45, 7) is 10.7. The molecule has 2 nitrogen and oxygen atoms in total. The van der Waals surface area contributed by atoms with Gasteiger partial charge < -0.3 is 4.74 Å². The van der Waals surface area contributed by atoms with Gasteiger partial charge in [0.05, 0.1) is 0 Å². The molecule has 1 aromatic rings. The fraction of sp³-hybridized carbons (Fsp3) is 0.562. The van der Waals surface area contributed by atoms with Gasteiger partial charge in [-0.1, -0.05) is 50.6 Å². The van der Waals surface area contributed by atoms with E-state index < -0.39 is 0 Å². The van der Waals surface area contributed by atoms with Gasteiger partial charge in [0.15, 0.2) is 5.78 Å². The molecule has 18 heavy (non-hydrogen) atoms. The molecule has 1 aromatic carbocycles. The Morgan fingerprint density at radius 2 is 1.78 bits per heavy atom. The molecular weight excluding hydrogens is 224 g/mol. The number of benzene rings is 1. The molecule has 0 aliphatic heterocycles. The van der Waals surface area contributed by atoms with Gasteiger partial charge in [-0.3, -0.25) is 4.79 Å². The first-order chi connectivity index (χ1) is 8.34. The van der Waals surface area contributed by atoms with Gasteiger partial charge in [-0.25, -0.2) is 0 Å². The molecule has 0 spiro atoms. The molecule has 0 saturated heterocycles. The number of carbonyl (C=O) groups is 1. The number of hydrogen-bond acceptors (Lipinski definition) is 2. The van der Waals surface area contributed by atoms with E-state index in [0.717, 1.165) is 5.56 Å². The Morgan fingerprint density at radius 3 is 2.22 bits per heavy atom. The van der Waals surface area contributed by atoms with Gasteiger partial charge in [0.25, 0.3) is 0 Å². The summed E-state index contributed by atoms with van der Waals surface area (Å²) in [5.74, 6) is 0.160. The number of ketones is 1. The Bertz CT molecular complexity index is 385. The summed E-state index contributed by atoms with van der Waals surface area (Å²) in [5, 5.41) is 0. The topological polar surface area (TPSA) is 26.3 Å². The summed E-state index contributed by atoms with van der Waals surface area (Å²) in [7, 11) is 0. The zero-order valence-electron chi connectivity index (χ0n) is 12.1. The van der Waals surface area contributed by atoms with E-state index in [9.17, 15) is 4.79 Å². The van der Waals surface area contributed by atoms with Crippen molar-refractivity contribution in [1.82, 2.24) is 0 Å². The van der Waals surface area contributed by atoms with Crippen molar-refractivity contribution in [3.05, 3.63) is 35.4 Å². The van der Waals surface area contributed by atoms with Crippen LogP contribution >= 0.6 is 0 Å². The number of aryl methyl sites for hydroxylation is 1. The number of Topliss-reactive ketones (excluding diaryl/α,β-unsaturated/α-hetero) is 1. The van der Waals surface area contributed by atoms with Gasteiger partial charge in [-0.15, -0.1) is 0 Å². The van der Waals surface area contributed by atoms with Crippen molar-refractivity contribution < 1.29 is 9.53 Å². The van der Waals surface area contributed by atoms with E-state index in [1.54, 1.807) is 0 Å². The highest BCUT2D eigenvalue weighted by Crippen LogP contribution is 2.24. The van der Waals surface area contributed by atoms with E-state index in [0.29, 0.717) is 13.0 Å². The van der Waals surface area contributed by atoms with Crippen LogP contribution in [-0.4, -0.2) is 18.5 Å². The predicted molar refractivity (Wildman–Crippen MR) is 74.8 cm³/mol. The average molecular weight is 248 g/mol. The third kappa shape index (κ3) is 4.26. The molecule has 0 fully saturated rings. The molecule has 0 aliphatic rings. The van der Waals surface area contributed by atoms with Crippen LogP contribution in [0, 0.1) is 12.3 Å². The maximum atomic E-state index is 12.3. The maximum Gasteiger partial charge on any atom is 0.166 e. The minimum atomic E-state index is -0.330. The largest absolute Gasteiger partial charge is 0.370 e. The van der Waals surface area contributed by atoms with Crippen molar-refractivity contribution in [3.63, 3.8) is 0 Å². The zero-order valence-corrected chi connectivity index (χ0v) is 12.1. The summed E-state index contributed by atoms with van der Waals surface area (Å²) < 4.78 is 5.61. The Hall–Kier alpha value is -1.15.